The quantitative estimate of drug-likeness (QED) is 0.637. The van der Waals surface area contributed by atoms with E-state index < -0.39 is 0 Å². The van der Waals surface area contributed by atoms with Gasteiger partial charge in [0.1, 0.15) is 0 Å². The van der Waals surface area contributed by atoms with Crippen LogP contribution in [-0.2, 0) is 0 Å². The average molecular weight is 168 g/mol. The van der Waals surface area contributed by atoms with Gasteiger partial charge in [0.05, 0.1) is 0 Å². The molecule has 1 heterocycles. The second-order valence-electron chi connectivity index (χ2n) is 4.55. The van der Waals surface area contributed by atoms with E-state index in [4.69, 9.17) is 5.73 Å². The van der Waals surface area contributed by atoms with Gasteiger partial charge in [-0.2, -0.15) is 0 Å². The molecule has 1 aliphatic carbocycles. The summed E-state index contributed by atoms with van der Waals surface area (Å²) in [5.74, 6) is 0.901. The number of nitrogens with zero attached hydrogens (tertiary/aromatic N) is 1. The van der Waals surface area contributed by atoms with E-state index in [1.54, 1.807) is 0 Å². The summed E-state index contributed by atoms with van der Waals surface area (Å²) in [6, 6.07) is 1.19. The fourth-order valence-electron chi connectivity index (χ4n) is 2.69. The predicted molar refractivity (Wildman–Crippen MR) is 51.0 cm³/mol. The van der Waals surface area contributed by atoms with Crippen molar-refractivity contribution < 1.29 is 0 Å². The molecule has 1 aliphatic heterocycles. The highest BCUT2D eigenvalue weighted by Gasteiger charge is 2.32. The highest BCUT2D eigenvalue weighted by Crippen LogP contribution is 2.27. The summed E-state index contributed by atoms with van der Waals surface area (Å²) in [6.45, 7) is 4.93. The van der Waals surface area contributed by atoms with Crippen molar-refractivity contribution in [2.75, 3.05) is 13.1 Å². The fraction of sp³-hybridized carbons (Fsp3) is 1.00. The van der Waals surface area contributed by atoms with Crippen LogP contribution in [0, 0.1) is 5.92 Å². The molecule has 1 saturated carbocycles. The Kier molecular flexibility index (Phi) is 2.37. The van der Waals surface area contributed by atoms with Gasteiger partial charge in [-0.1, -0.05) is 13.3 Å². The Morgan fingerprint density at radius 1 is 1.25 bits per heavy atom. The van der Waals surface area contributed by atoms with Gasteiger partial charge in [0.2, 0.25) is 0 Å². The number of hydrogen-bond acceptors (Lipinski definition) is 2. The molecule has 0 radical (unpaired) electrons. The zero-order valence-electron chi connectivity index (χ0n) is 8.00. The SMILES string of the molecule is C[C@H]1CCN([C@@H]2CCC[C@@H]2N)C1. The van der Waals surface area contributed by atoms with Gasteiger partial charge in [0.25, 0.3) is 0 Å². The summed E-state index contributed by atoms with van der Waals surface area (Å²) in [5.41, 5.74) is 6.06. The molecule has 2 nitrogen and oxygen atoms in total. The summed E-state index contributed by atoms with van der Waals surface area (Å²) < 4.78 is 0. The predicted octanol–water partition coefficient (Wildman–Crippen LogP) is 1.21. The van der Waals surface area contributed by atoms with Crippen LogP contribution in [0.4, 0.5) is 0 Å². The first-order chi connectivity index (χ1) is 5.77. The van der Waals surface area contributed by atoms with E-state index in [2.05, 4.69) is 11.8 Å². The zero-order chi connectivity index (χ0) is 8.55. The number of rotatable bonds is 1. The normalized spacial score (nSPS) is 44.0. The van der Waals surface area contributed by atoms with Gasteiger partial charge < -0.3 is 5.73 Å². The standard InChI is InChI=1S/C10H20N2/c1-8-5-6-12(7-8)10-4-2-3-9(10)11/h8-10H,2-7,11H2,1H3/t8-,9-,10+/m0/s1. The van der Waals surface area contributed by atoms with Crippen LogP contribution in [0.3, 0.4) is 0 Å². The third-order valence-corrected chi connectivity index (χ3v) is 3.46. The smallest absolute Gasteiger partial charge is 0.0247 e. The maximum Gasteiger partial charge on any atom is 0.0247 e. The highest BCUT2D eigenvalue weighted by molar-refractivity contribution is 4.90. The van der Waals surface area contributed by atoms with Crippen molar-refractivity contribution >= 4 is 0 Å². The first-order valence-corrected chi connectivity index (χ1v) is 5.27. The molecule has 0 aromatic rings. The van der Waals surface area contributed by atoms with Crippen molar-refractivity contribution in [3.63, 3.8) is 0 Å². The summed E-state index contributed by atoms with van der Waals surface area (Å²) in [7, 11) is 0. The van der Waals surface area contributed by atoms with Gasteiger partial charge in [0.15, 0.2) is 0 Å². The van der Waals surface area contributed by atoms with Crippen molar-refractivity contribution in [1.29, 1.82) is 0 Å². The van der Waals surface area contributed by atoms with Gasteiger partial charge >= 0.3 is 0 Å². The molecule has 1 saturated heterocycles. The van der Waals surface area contributed by atoms with Gasteiger partial charge in [-0.15, -0.1) is 0 Å². The van der Waals surface area contributed by atoms with E-state index >= 15 is 0 Å². The lowest BCUT2D eigenvalue weighted by atomic mass is 10.1. The minimum absolute atomic E-state index is 0.468. The summed E-state index contributed by atoms with van der Waals surface area (Å²) in [5, 5.41) is 0. The van der Waals surface area contributed by atoms with Crippen LogP contribution < -0.4 is 5.73 Å². The molecular weight excluding hydrogens is 148 g/mol. The van der Waals surface area contributed by atoms with Gasteiger partial charge in [-0.05, 0) is 31.7 Å². The minimum Gasteiger partial charge on any atom is -0.326 e. The van der Waals surface area contributed by atoms with E-state index in [1.807, 2.05) is 0 Å². The van der Waals surface area contributed by atoms with Crippen molar-refractivity contribution in [1.82, 2.24) is 4.90 Å². The third-order valence-electron chi connectivity index (χ3n) is 3.46. The van der Waals surface area contributed by atoms with Crippen LogP contribution in [0.5, 0.6) is 0 Å². The first kappa shape index (κ1) is 8.52. The summed E-state index contributed by atoms with van der Waals surface area (Å²) in [6.07, 6.45) is 5.31. The van der Waals surface area contributed by atoms with E-state index in [0.29, 0.717) is 6.04 Å². The van der Waals surface area contributed by atoms with E-state index in [-0.39, 0.29) is 0 Å². The van der Waals surface area contributed by atoms with Crippen LogP contribution in [-0.4, -0.2) is 30.1 Å². The largest absolute Gasteiger partial charge is 0.326 e. The lowest BCUT2D eigenvalue weighted by molar-refractivity contribution is 0.222. The monoisotopic (exact) mass is 168 g/mol. The maximum absolute atomic E-state index is 6.06. The Hall–Kier alpha value is -0.0800. The van der Waals surface area contributed by atoms with Crippen molar-refractivity contribution in [3.8, 4) is 0 Å². The Morgan fingerprint density at radius 2 is 2.08 bits per heavy atom. The molecule has 0 aromatic heterocycles. The molecule has 2 aliphatic rings. The molecule has 12 heavy (non-hydrogen) atoms. The Labute approximate surface area is 75.1 Å². The van der Waals surface area contributed by atoms with Crippen LogP contribution in [0.1, 0.15) is 32.6 Å². The molecular formula is C10H20N2. The second kappa shape index (κ2) is 3.35. The van der Waals surface area contributed by atoms with Gasteiger partial charge in [-0.3, -0.25) is 4.90 Å². The van der Waals surface area contributed by atoms with E-state index in [1.165, 1.54) is 38.8 Å². The van der Waals surface area contributed by atoms with Crippen LogP contribution in [0.15, 0.2) is 0 Å². The van der Waals surface area contributed by atoms with Crippen molar-refractivity contribution in [2.24, 2.45) is 11.7 Å². The Balaban J connectivity index is 1.91. The van der Waals surface area contributed by atoms with Crippen molar-refractivity contribution in [3.05, 3.63) is 0 Å². The topological polar surface area (TPSA) is 29.3 Å². The molecule has 3 atom stereocenters. The fourth-order valence-corrected chi connectivity index (χ4v) is 2.69. The molecule has 0 amide bonds. The first-order valence-electron chi connectivity index (χ1n) is 5.27. The lowest BCUT2D eigenvalue weighted by Crippen LogP contribution is -2.43. The third kappa shape index (κ3) is 1.50. The van der Waals surface area contributed by atoms with Crippen LogP contribution in [0.2, 0.25) is 0 Å². The molecule has 0 spiro atoms. The summed E-state index contributed by atoms with van der Waals surface area (Å²) in [4.78, 5) is 2.61. The number of likely N-dealkylation sites (tertiary alicyclic amines) is 1. The molecule has 0 unspecified atom stereocenters. The molecule has 2 fully saturated rings. The Morgan fingerprint density at radius 3 is 2.58 bits per heavy atom. The number of nitrogens with two attached hydrogens (primary N) is 1. The molecule has 0 bridgehead atoms. The molecule has 0 aromatic carbocycles. The lowest BCUT2D eigenvalue weighted by Gasteiger charge is -2.27. The molecule has 2 heteroatoms. The minimum atomic E-state index is 0.468. The molecule has 2 rings (SSSR count). The summed E-state index contributed by atoms with van der Waals surface area (Å²) >= 11 is 0. The van der Waals surface area contributed by atoms with Crippen LogP contribution in [0.25, 0.3) is 0 Å². The van der Waals surface area contributed by atoms with E-state index in [0.717, 1.165) is 12.0 Å². The molecule has 70 valence electrons. The average Bonchev–Trinajstić information content (AvgIpc) is 2.58. The zero-order valence-corrected chi connectivity index (χ0v) is 8.00. The van der Waals surface area contributed by atoms with Gasteiger partial charge in [-0.25, -0.2) is 0 Å². The highest BCUT2D eigenvalue weighted by atomic mass is 15.2. The second-order valence-corrected chi connectivity index (χ2v) is 4.55. The van der Waals surface area contributed by atoms with Gasteiger partial charge in [0, 0.05) is 18.6 Å². The van der Waals surface area contributed by atoms with E-state index in [9.17, 15) is 0 Å². The number of hydrogen-bond donors (Lipinski definition) is 1. The van der Waals surface area contributed by atoms with Crippen LogP contribution >= 0.6 is 0 Å². The Bertz CT molecular complexity index is 158. The van der Waals surface area contributed by atoms with Crippen molar-refractivity contribution in [2.45, 2.75) is 44.7 Å². The molecule has 2 N–H and O–H groups in total. The maximum atomic E-state index is 6.06.